The van der Waals surface area contributed by atoms with Crippen LogP contribution in [-0.4, -0.2) is 11.7 Å². The van der Waals surface area contributed by atoms with Gasteiger partial charge in [0.15, 0.2) is 0 Å². The van der Waals surface area contributed by atoms with Crippen molar-refractivity contribution in [2.45, 2.75) is 0 Å². The highest BCUT2D eigenvalue weighted by Crippen LogP contribution is 2.24. The summed E-state index contributed by atoms with van der Waals surface area (Å²) in [5, 5.41) is 2.54. The molecule has 1 heterocycles. The van der Waals surface area contributed by atoms with Gasteiger partial charge in [0.05, 0.1) is 11.3 Å². The Labute approximate surface area is 110 Å². The molecule has 1 aliphatic heterocycles. The van der Waals surface area contributed by atoms with Crippen LogP contribution in [0.1, 0.15) is 21.5 Å². The Balaban J connectivity index is 1.90. The lowest BCUT2D eigenvalue weighted by Crippen LogP contribution is -2.12. The smallest absolute Gasteiger partial charge is 0.296 e. The van der Waals surface area contributed by atoms with Crippen molar-refractivity contribution >= 4 is 29.5 Å². The molecule has 0 spiro atoms. The third-order valence-corrected chi connectivity index (χ3v) is 3.01. The van der Waals surface area contributed by atoms with E-state index in [0.29, 0.717) is 11.3 Å². The van der Waals surface area contributed by atoms with E-state index in [4.69, 9.17) is 0 Å². The van der Waals surface area contributed by atoms with Crippen LogP contribution >= 0.6 is 0 Å². The van der Waals surface area contributed by atoms with E-state index in [1.165, 1.54) is 0 Å². The minimum Gasteiger partial charge on any atom is -0.318 e. The Morgan fingerprint density at radius 3 is 2.37 bits per heavy atom. The lowest BCUT2D eigenvalue weighted by Gasteiger charge is -1.98. The first-order valence-electron chi connectivity index (χ1n) is 5.97. The summed E-state index contributed by atoms with van der Waals surface area (Å²) in [7, 11) is 0. The van der Waals surface area contributed by atoms with Gasteiger partial charge in [0.1, 0.15) is 0 Å². The largest absolute Gasteiger partial charge is 0.318 e. The fourth-order valence-corrected chi connectivity index (χ4v) is 2.02. The number of hydrogen-bond acceptors (Lipinski definition) is 2. The van der Waals surface area contributed by atoms with Crippen LogP contribution in [0.4, 0.5) is 5.69 Å². The Kier molecular flexibility index (Phi) is 2.72. The molecular weight excluding hydrogens is 238 g/mol. The fourth-order valence-electron chi connectivity index (χ4n) is 2.02. The summed E-state index contributed by atoms with van der Waals surface area (Å²) >= 11 is 0. The van der Waals surface area contributed by atoms with Crippen LogP contribution in [-0.2, 0) is 4.79 Å². The molecule has 0 fully saturated rings. The minimum absolute atomic E-state index is 0.445. The maximum atomic E-state index is 11.6. The number of ketones is 1. The van der Waals surface area contributed by atoms with Crippen molar-refractivity contribution in [2.75, 3.05) is 5.32 Å². The van der Waals surface area contributed by atoms with E-state index in [-0.39, 0.29) is 0 Å². The first kappa shape index (κ1) is 11.4. The second kappa shape index (κ2) is 4.53. The predicted octanol–water partition coefficient (Wildman–Crippen LogP) is 2.99. The molecule has 0 saturated carbocycles. The van der Waals surface area contributed by atoms with Crippen molar-refractivity contribution in [3.05, 3.63) is 65.2 Å². The normalized spacial score (nSPS) is 13.7. The molecule has 3 nitrogen and oxygen atoms in total. The molecule has 2 aromatic carbocycles. The number of anilines is 1. The molecule has 1 aliphatic rings. The quantitative estimate of drug-likeness (QED) is 0.657. The Morgan fingerprint density at radius 1 is 0.842 bits per heavy atom. The summed E-state index contributed by atoms with van der Waals surface area (Å²) in [6.45, 7) is 0. The Hall–Kier alpha value is -2.68. The minimum atomic E-state index is -0.556. The van der Waals surface area contributed by atoms with Gasteiger partial charge in [-0.05, 0) is 23.3 Å². The highest BCUT2D eigenvalue weighted by molar-refractivity contribution is 6.51. The zero-order valence-electron chi connectivity index (χ0n) is 10.1. The second-order valence-electron chi connectivity index (χ2n) is 4.33. The van der Waals surface area contributed by atoms with Gasteiger partial charge in [-0.3, -0.25) is 9.59 Å². The molecule has 0 atom stereocenters. The Bertz CT molecular complexity index is 687. The summed E-state index contributed by atoms with van der Waals surface area (Å²) in [4.78, 5) is 22.8. The number of nitrogens with one attached hydrogen (secondary N) is 1. The molecule has 2 aromatic rings. The third-order valence-electron chi connectivity index (χ3n) is 3.01. The molecule has 19 heavy (non-hydrogen) atoms. The van der Waals surface area contributed by atoms with Crippen LogP contribution in [0.15, 0.2) is 48.5 Å². The van der Waals surface area contributed by atoms with Crippen molar-refractivity contribution in [2.24, 2.45) is 0 Å². The molecule has 1 amide bonds. The highest BCUT2D eigenvalue weighted by atomic mass is 16.2. The van der Waals surface area contributed by atoms with Gasteiger partial charge in [-0.1, -0.05) is 48.6 Å². The molecule has 0 aromatic heterocycles. The maximum Gasteiger partial charge on any atom is 0.296 e. The first-order valence-corrected chi connectivity index (χ1v) is 5.97. The van der Waals surface area contributed by atoms with E-state index in [0.717, 1.165) is 11.1 Å². The molecule has 0 bridgehead atoms. The third kappa shape index (κ3) is 2.18. The van der Waals surface area contributed by atoms with Gasteiger partial charge in [-0.15, -0.1) is 0 Å². The lowest BCUT2D eigenvalue weighted by atomic mass is 10.1. The van der Waals surface area contributed by atoms with E-state index in [1.807, 2.05) is 48.6 Å². The topological polar surface area (TPSA) is 46.2 Å². The fraction of sp³-hybridized carbons (Fsp3) is 0. The van der Waals surface area contributed by atoms with E-state index >= 15 is 0 Å². The summed E-state index contributed by atoms with van der Waals surface area (Å²) in [6, 6.07) is 15.3. The van der Waals surface area contributed by atoms with Crippen LogP contribution in [0.25, 0.3) is 12.2 Å². The number of benzene rings is 2. The number of carbonyl (C=O) groups excluding carboxylic acids is 2. The summed E-state index contributed by atoms with van der Waals surface area (Å²) in [6.07, 6.45) is 3.89. The SMILES string of the molecule is O=C1Nc2ccc(/C=C/c3ccccc3)cc2C1=O. The second-order valence-corrected chi connectivity index (χ2v) is 4.33. The van der Waals surface area contributed by atoms with Gasteiger partial charge in [0, 0.05) is 0 Å². The van der Waals surface area contributed by atoms with Gasteiger partial charge in [0.2, 0.25) is 0 Å². The van der Waals surface area contributed by atoms with Crippen molar-refractivity contribution in [3.8, 4) is 0 Å². The molecular formula is C16H11NO2. The monoisotopic (exact) mass is 249 g/mol. The average molecular weight is 249 g/mol. The van der Waals surface area contributed by atoms with Gasteiger partial charge >= 0.3 is 0 Å². The highest BCUT2D eigenvalue weighted by Gasteiger charge is 2.27. The van der Waals surface area contributed by atoms with Gasteiger partial charge in [-0.2, -0.15) is 0 Å². The number of Topliss-reactive ketones (excluding diaryl/α,β-unsaturated/α-hetero) is 1. The molecule has 1 N–H and O–H groups in total. The van der Waals surface area contributed by atoms with Crippen molar-refractivity contribution in [1.82, 2.24) is 0 Å². The van der Waals surface area contributed by atoms with E-state index in [2.05, 4.69) is 5.32 Å². The van der Waals surface area contributed by atoms with Gasteiger partial charge < -0.3 is 5.32 Å². The molecule has 0 unspecified atom stereocenters. The molecule has 3 heteroatoms. The van der Waals surface area contributed by atoms with E-state index in [1.54, 1.807) is 12.1 Å². The zero-order valence-corrected chi connectivity index (χ0v) is 10.1. The standard InChI is InChI=1S/C16H11NO2/c18-15-13-10-12(8-9-14(13)17-16(15)19)7-6-11-4-2-1-3-5-11/h1-10H,(H,17,18,19)/b7-6+. The molecule has 0 aliphatic carbocycles. The molecule has 3 rings (SSSR count). The van der Waals surface area contributed by atoms with Crippen LogP contribution in [0, 0.1) is 0 Å². The van der Waals surface area contributed by atoms with E-state index < -0.39 is 11.7 Å². The maximum absolute atomic E-state index is 11.6. The number of amides is 1. The lowest BCUT2D eigenvalue weighted by molar-refractivity contribution is -0.112. The van der Waals surface area contributed by atoms with Crippen LogP contribution < -0.4 is 5.32 Å². The van der Waals surface area contributed by atoms with Crippen LogP contribution in [0.5, 0.6) is 0 Å². The number of rotatable bonds is 2. The van der Waals surface area contributed by atoms with Crippen molar-refractivity contribution in [3.63, 3.8) is 0 Å². The molecule has 92 valence electrons. The van der Waals surface area contributed by atoms with E-state index in [9.17, 15) is 9.59 Å². The number of carbonyl (C=O) groups is 2. The first-order chi connectivity index (χ1) is 9.24. The summed E-state index contributed by atoms with van der Waals surface area (Å²) < 4.78 is 0. The number of hydrogen-bond donors (Lipinski definition) is 1. The van der Waals surface area contributed by atoms with Crippen molar-refractivity contribution in [1.29, 1.82) is 0 Å². The van der Waals surface area contributed by atoms with Gasteiger partial charge in [-0.25, -0.2) is 0 Å². The predicted molar refractivity (Wildman–Crippen MR) is 74.8 cm³/mol. The zero-order chi connectivity index (χ0) is 13.2. The molecule has 0 radical (unpaired) electrons. The summed E-state index contributed by atoms with van der Waals surface area (Å²) in [5.41, 5.74) is 3.02. The Morgan fingerprint density at radius 2 is 1.58 bits per heavy atom. The number of fused-ring (bicyclic) bond motifs is 1. The van der Waals surface area contributed by atoms with Crippen LogP contribution in [0.2, 0.25) is 0 Å². The summed E-state index contributed by atoms with van der Waals surface area (Å²) in [5.74, 6) is -1.02. The average Bonchev–Trinajstić information content (AvgIpc) is 2.73. The van der Waals surface area contributed by atoms with Crippen LogP contribution in [0.3, 0.4) is 0 Å². The van der Waals surface area contributed by atoms with Gasteiger partial charge in [0.25, 0.3) is 11.7 Å². The van der Waals surface area contributed by atoms with Crippen molar-refractivity contribution < 1.29 is 9.59 Å². The molecule has 0 saturated heterocycles.